The molecule has 1 aliphatic heterocycles. The minimum atomic E-state index is -0.139. The topological polar surface area (TPSA) is 71.8 Å². The summed E-state index contributed by atoms with van der Waals surface area (Å²) in [6, 6.07) is 7.62. The number of piperidine rings is 1. The molecule has 0 bridgehead atoms. The van der Waals surface area contributed by atoms with Crippen LogP contribution in [-0.4, -0.2) is 43.0 Å². The van der Waals surface area contributed by atoms with E-state index in [4.69, 9.17) is 9.15 Å². The second-order valence-corrected chi connectivity index (χ2v) is 7.81. The van der Waals surface area contributed by atoms with Crippen molar-refractivity contribution in [2.75, 3.05) is 20.2 Å². The van der Waals surface area contributed by atoms with E-state index < -0.39 is 0 Å². The SMILES string of the molecule is COc1ccccc1CC(=O)N1CCC(NC(=O)c2c(C)oc(C)c2Br)CC1. The lowest BCUT2D eigenvalue weighted by Gasteiger charge is -2.32. The number of likely N-dealkylation sites (tertiary alicyclic amines) is 1. The number of benzene rings is 1. The Morgan fingerprint density at radius 3 is 2.50 bits per heavy atom. The first-order valence-electron chi connectivity index (χ1n) is 9.36. The van der Waals surface area contributed by atoms with Crippen molar-refractivity contribution >= 4 is 27.7 Å². The van der Waals surface area contributed by atoms with Crippen molar-refractivity contribution < 1.29 is 18.7 Å². The van der Waals surface area contributed by atoms with E-state index in [1.165, 1.54) is 0 Å². The van der Waals surface area contributed by atoms with Crippen molar-refractivity contribution in [3.05, 3.63) is 51.4 Å². The Kier molecular flexibility index (Phi) is 6.44. The summed E-state index contributed by atoms with van der Waals surface area (Å²) in [7, 11) is 1.61. The predicted molar refractivity (Wildman–Crippen MR) is 110 cm³/mol. The molecule has 1 aromatic heterocycles. The smallest absolute Gasteiger partial charge is 0.256 e. The van der Waals surface area contributed by atoms with Crippen LogP contribution in [-0.2, 0) is 11.2 Å². The molecule has 3 rings (SSSR count). The van der Waals surface area contributed by atoms with Crippen molar-refractivity contribution in [1.82, 2.24) is 10.2 Å². The van der Waals surface area contributed by atoms with Crippen LogP contribution in [0.2, 0.25) is 0 Å². The Morgan fingerprint density at radius 1 is 1.21 bits per heavy atom. The summed E-state index contributed by atoms with van der Waals surface area (Å²) in [6.07, 6.45) is 1.79. The molecule has 1 saturated heterocycles. The number of carbonyl (C=O) groups is 2. The lowest BCUT2D eigenvalue weighted by atomic mass is 10.0. The van der Waals surface area contributed by atoms with Gasteiger partial charge >= 0.3 is 0 Å². The number of nitrogens with one attached hydrogen (secondary N) is 1. The number of para-hydroxylation sites is 1. The van der Waals surface area contributed by atoms with Crippen LogP contribution in [0.5, 0.6) is 5.75 Å². The van der Waals surface area contributed by atoms with E-state index in [-0.39, 0.29) is 17.9 Å². The van der Waals surface area contributed by atoms with Crippen LogP contribution in [0.3, 0.4) is 0 Å². The Morgan fingerprint density at radius 2 is 1.89 bits per heavy atom. The summed E-state index contributed by atoms with van der Waals surface area (Å²) < 4.78 is 11.5. The molecule has 2 heterocycles. The number of halogens is 1. The van der Waals surface area contributed by atoms with Gasteiger partial charge < -0.3 is 19.4 Å². The summed E-state index contributed by atoms with van der Waals surface area (Å²) in [5.41, 5.74) is 1.44. The zero-order valence-corrected chi connectivity index (χ0v) is 18.0. The van der Waals surface area contributed by atoms with E-state index in [0.717, 1.165) is 24.2 Å². The van der Waals surface area contributed by atoms with Crippen LogP contribution < -0.4 is 10.1 Å². The van der Waals surface area contributed by atoms with Gasteiger partial charge in [0.2, 0.25) is 5.91 Å². The molecule has 0 radical (unpaired) electrons. The van der Waals surface area contributed by atoms with Crippen LogP contribution in [0.15, 0.2) is 33.2 Å². The van der Waals surface area contributed by atoms with E-state index in [1.807, 2.05) is 36.1 Å². The standard InChI is InChI=1S/C21H25BrN2O4/c1-13-19(20(22)14(2)28-13)21(26)23-16-8-10-24(11-9-16)18(25)12-15-6-4-5-7-17(15)27-3/h4-7,16H,8-12H2,1-3H3,(H,23,26). The van der Waals surface area contributed by atoms with Crippen LogP contribution >= 0.6 is 15.9 Å². The fourth-order valence-electron chi connectivity index (χ4n) is 3.57. The lowest BCUT2D eigenvalue weighted by molar-refractivity contribution is -0.131. The Labute approximate surface area is 173 Å². The number of amides is 2. The number of hydrogen-bond donors (Lipinski definition) is 1. The van der Waals surface area contributed by atoms with Gasteiger partial charge in [0.1, 0.15) is 17.3 Å². The second kappa shape index (κ2) is 8.82. The maximum Gasteiger partial charge on any atom is 0.256 e. The zero-order valence-electron chi connectivity index (χ0n) is 16.4. The molecule has 28 heavy (non-hydrogen) atoms. The van der Waals surface area contributed by atoms with Crippen LogP contribution in [0.25, 0.3) is 0 Å². The third-order valence-corrected chi connectivity index (χ3v) is 6.09. The number of carbonyl (C=O) groups excluding carboxylic acids is 2. The van der Waals surface area contributed by atoms with Crippen molar-refractivity contribution in [2.24, 2.45) is 0 Å². The van der Waals surface area contributed by atoms with E-state index in [9.17, 15) is 9.59 Å². The molecule has 150 valence electrons. The highest BCUT2D eigenvalue weighted by molar-refractivity contribution is 9.10. The number of nitrogens with zero attached hydrogens (tertiary/aromatic N) is 1. The first kappa shape index (κ1) is 20.5. The van der Waals surface area contributed by atoms with E-state index >= 15 is 0 Å². The van der Waals surface area contributed by atoms with E-state index in [1.54, 1.807) is 14.0 Å². The van der Waals surface area contributed by atoms with Gasteiger partial charge in [-0.3, -0.25) is 9.59 Å². The van der Waals surface area contributed by atoms with E-state index in [2.05, 4.69) is 21.2 Å². The molecule has 2 amide bonds. The predicted octanol–water partition coefficient (Wildman–Crippen LogP) is 3.63. The van der Waals surface area contributed by atoms with Crippen LogP contribution in [0, 0.1) is 13.8 Å². The highest BCUT2D eigenvalue weighted by atomic mass is 79.9. The van der Waals surface area contributed by atoms with Crippen molar-refractivity contribution in [1.29, 1.82) is 0 Å². The maximum atomic E-state index is 12.6. The van der Waals surface area contributed by atoms with Crippen molar-refractivity contribution in [3.63, 3.8) is 0 Å². The number of hydrogen-bond acceptors (Lipinski definition) is 4. The molecule has 6 nitrogen and oxygen atoms in total. The average Bonchev–Trinajstić information content (AvgIpc) is 2.94. The van der Waals surface area contributed by atoms with Gasteiger partial charge in [-0.1, -0.05) is 18.2 Å². The molecule has 1 aliphatic rings. The average molecular weight is 449 g/mol. The van der Waals surface area contributed by atoms with Gasteiger partial charge in [0.15, 0.2) is 0 Å². The molecule has 0 saturated carbocycles. The first-order chi connectivity index (χ1) is 13.4. The second-order valence-electron chi connectivity index (χ2n) is 7.02. The largest absolute Gasteiger partial charge is 0.496 e. The molecule has 0 aliphatic carbocycles. The third kappa shape index (κ3) is 4.41. The van der Waals surface area contributed by atoms with Gasteiger partial charge in [-0.25, -0.2) is 0 Å². The molecule has 1 aromatic carbocycles. The summed E-state index contributed by atoms with van der Waals surface area (Å²) in [4.78, 5) is 27.1. The highest BCUT2D eigenvalue weighted by Crippen LogP contribution is 2.27. The molecule has 2 aromatic rings. The Balaban J connectivity index is 1.54. The van der Waals surface area contributed by atoms with Gasteiger partial charge in [0.05, 0.1) is 23.6 Å². The zero-order chi connectivity index (χ0) is 20.3. The summed E-state index contributed by atoms with van der Waals surface area (Å²) in [5, 5.41) is 3.07. The van der Waals surface area contributed by atoms with Crippen molar-refractivity contribution in [3.8, 4) is 5.75 Å². The molecule has 1 fully saturated rings. The number of ether oxygens (including phenoxy) is 1. The molecule has 0 unspecified atom stereocenters. The number of furan rings is 1. The summed E-state index contributed by atoms with van der Waals surface area (Å²) in [5.74, 6) is 1.97. The maximum absolute atomic E-state index is 12.6. The Hall–Kier alpha value is -2.28. The molecule has 0 spiro atoms. The van der Waals surface area contributed by atoms with Gasteiger partial charge in [-0.05, 0) is 48.7 Å². The fourth-order valence-corrected chi connectivity index (χ4v) is 4.11. The Bertz CT molecular complexity index is 869. The number of rotatable bonds is 5. The minimum Gasteiger partial charge on any atom is -0.496 e. The highest BCUT2D eigenvalue weighted by Gasteiger charge is 2.27. The molecule has 0 atom stereocenters. The first-order valence-corrected chi connectivity index (χ1v) is 10.2. The molecular weight excluding hydrogens is 424 g/mol. The van der Waals surface area contributed by atoms with E-state index in [0.29, 0.717) is 41.1 Å². The van der Waals surface area contributed by atoms with Gasteiger partial charge in [0.25, 0.3) is 5.91 Å². The number of aryl methyl sites for hydroxylation is 2. The third-order valence-electron chi connectivity index (χ3n) is 5.13. The van der Waals surface area contributed by atoms with Gasteiger partial charge in [-0.15, -0.1) is 0 Å². The monoisotopic (exact) mass is 448 g/mol. The van der Waals surface area contributed by atoms with Crippen LogP contribution in [0.4, 0.5) is 0 Å². The minimum absolute atomic E-state index is 0.0457. The normalized spacial score (nSPS) is 14.8. The molecule has 1 N–H and O–H groups in total. The summed E-state index contributed by atoms with van der Waals surface area (Å²) in [6.45, 7) is 4.86. The lowest BCUT2D eigenvalue weighted by Crippen LogP contribution is -2.47. The number of methoxy groups -OCH3 is 1. The van der Waals surface area contributed by atoms with Crippen LogP contribution in [0.1, 0.15) is 40.3 Å². The van der Waals surface area contributed by atoms with Gasteiger partial charge in [0, 0.05) is 24.7 Å². The quantitative estimate of drug-likeness (QED) is 0.757. The molecule has 7 heteroatoms. The van der Waals surface area contributed by atoms with Gasteiger partial charge in [-0.2, -0.15) is 0 Å². The molecular formula is C21H25BrN2O4. The fraction of sp³-hybridized carbons (Fsp3) is 0.429. The summed E-state index contributed by atoms with van der Waals surface area (Å²) >= 11 is 3.42. The van der Waals surface area contributed by atoms with Crippen molar-refractivity contribution in [2.45, 2.75) is 39.2 Å².